The van der Waals surface area contributed by atoms with E-state index in [2.05, 4.69) is 22.0 Å². The van der Waals surface area contributed by atoms with Crippen LogP contribution in [0.3, 0.4) is 0 Å². The Labute approximate surface area is 118 Å². The van der Waals surface area contributed by atoms with Crippen molar-refractivity contribution in [2.45, 2.75) is 31.3 Å². The number of carbonyl (C=O) groups is 2. The van der Waals surface area contributed by atoms with Gasteiger partial charge in [0.15, 0.2) is 0 Å². The van der Waals surface area contributed by atoms with E-state index in [0.29, 0.717) is 19.5 Å². The second-order valence-electron chi connectivity index (χ2n) is 5.43. The number of fused-ring (bicyclic) bond motifs is 1. The molecule has 2 atom stereocenters. The van der Waals surface area contributed by atoms with Crippen LogP contribution in [0.4, 0.5) is 0 Å². The fraction of sp³-hybridized carbons (Fsp3) is 0.467. The van der Waals surface area contributed by atoms with E-state index >= 15 is 0 Å². The van der Waals surface area contributed by atoms with Crippen LogP contribution in [-0.2, 0) is 16.1 Å². The zero-order valence-corrected chi connectivity index (χ0v) is 11.3. The number of rotatable bonds is 3. The Balaban J connectivity index is 1.62. The fourth-order valence-electron chi connectivity index (χ4n) is 2.91. The van der Waals surface area contributed by atoms with Gasteiger partial charge in [-0.3, -0.25) is 9.59 Å². The maximum absolute atomic E-state index is 12.3. The van der Waals surface area contributed by atoms with Crippen LogP contribution in [0.5, 0.6) is 0 Å². The molecule has 1 aromatic rings. The van der Waals surface area contributed by atoms with Gasteiger partial charge in [-0.05, 0) is 17.5 Å². The highest BCUT2D eigenvalue weighted by Gasteiger charge is 2.27. The van der Waals surface area contributed by atoms with Crippen LogP contribution in [-0.4, -0.2) is 30.9 Å². The van der Waals surface area contributed by atoms with E-state index < -0.39 is 0 Å². The minimum absolute atomic E-state index is 0.0331. The highest BCUT2D eigenvalue weighted by molar-refractivity contribution is 5.85. The van der Waals surface area contributed by atoms with Gasteiger partial charge in [-0.15, -0.1) is 0 Å². The maximum Gasteiger partial charge on any atom is 0.228 e. The summed E-state index contributed by atoms with van der Waals surface area (Å²) in [6.07, 6.45) is 1.37. The number of amides is 2. The molecule has 1 saturated heterocycles. The number of carbonyl (C=O) groups excluding carboxylic acids is 2. The normalized spacial score (nSPS) is 24.9. The van der Waals surface area contributed by atoms with Crippen molar-refractivity contribution in [3.8, 4) is 0 Å². The minimum atomic E-state index is -0.142. The average molecular weight is 273 g/mol. The van der Waals surface area contributed by atoms with Crippen LogP contribution in [0.25, 0.3) is 0 Å². The third kappa shape index (κ3) is 2.67. The van der Waals surface area contributed by atoms with Crippen LogP contribution in [0, 0.1) is 0 Å². The second-order valence-corrected chi connectivity index (χ2v) is 5.43. The first-order valence-corrected chi connectivity index (χ1v) is 7.09. The van der Waals surface area contributed by atoms with Gasteiger partial charge in [0.25, 0.3) is 0 Å². The standard InChI is InChI=1S/C15H19N3O2/c19-14-6-5-11(18-14)8-17-15(20)13-9-16-7-10-3-1-2-4-12(10)13/h1-4,11,13,16H,5-9H2,(H,17,20)(H,18,19). The summed E-state index contributed by atoms with van der Waals surface area (Å²) in [6, 6.07) is 8.13. The van der Waals surface area contributed by atoms with Crippen molar-refractivity contribution in [1.29, 1.82) is 0 Å². The molecule has 2 heterocycles. The quantitative estimate of drug-likeness (QED) is 0.740. The molecular weight excluding hydrogens is 254 g/mol. The molecule has 5 heteroatoms. The van der Waals surface area contributed by atoms with E-state index in [1.54, 1.807) is 0 Å². The molecule has 2 unspecified atom stereocenters. The summed E-state index contributed by atoms with van der Waals surface area (Å²) in [5.41, 5.74) is 2.30. The first-order valence-electron chi connectivity index (χ1n) is 7.09. The van der Waals surface area contributed by atoms with Crippen LogP contribution in [0.1, 0.15) is 29.9 Å². The van der Waals surface area contributed by atoms with E-state index in [0.717, 1.165) is 18.5 Å². The van der Waals surface area contributed by atoms with Crippen molar-refractivity contribution < 1.29 is 9.59 Å². The summed E-state index contributed by atoms with van der Waals surface area (Å²) in [7, 11) is 0. The Morgan fingerprint density at radius 1 is 1.35 bits per heavy atom. The van der Waals surface area contributed by atoms with Crippen molar-refractivity contribution >= 4 is 11.8 Å². The van der Waals surface area contributed by atoms with Crippen molar-refractivity contribution in [2.24, 2.45) is 0 Å². The molecule has 2 aliphatic heterocycles. The summed E-state index contributed by atoms with van der Waals surface area (Å²) in [5, 5.41) is 9.10. The Morgan fingerprint density at radius 2 is 2.20 bits per heavy atom. The molecule has 2 amide bonds. The Kier molecular flexibility index (Phi) is 3.69. The van der Waals surface area contributed by atoms with E-state index in [4.69, 9.17) is 0 Å². The van der Waals surface area contributed by atoms with Crippen molar-refractivity contribution in [1.82, 2.24) is 16.0 Å². The molecule has 20 heavy (non-hydrogen) atoms. The van der Waals surface area contributed by atoms with Gasteiger partial charge < -0.3 is 16.0 Å². The highest BCUT2D eigenvalue weighted by atomic mass is 16.2. The lowest BCUT2D eigenvalue weighted by molar-refractivity contribution is -0.123. The van der Waals surface area contributed by atoms with Gasteiger partial charge in [-0.2, -0.15) is 0 Å². The van der Waals surface area contributed by atoms with Crippen LogP contribution in [0.2, 0.25) is 0 Å². The van der Waals surface area contributed by atoms with Crippen molar-refractivity contribution in [3.63, 3.8) is 0 Å². The third-order valence-corrected chi connectivity index (χ3v) is 4.02. The number of benzene rings is 1. The number of hydrogen-bond donors (Lipinski definition) is 3. The molecule has 3 rings (SSSR count). The van der Waals surface area contributed by atoms with Crippen molar-refractivity contribution in [2.75, 3.05) is 13.1 Å². The first kappa shape index (κ1) is 13.1. The average Bonchev–Trinajstić information content (AvgIpc) is 2.90. The molecule has 106 valence electrons. The second kappa shape index (κ2) is 5.63. The molecule has 0 saturated carbocycles. The third-order valence-electron chi connectivity index (χ3n) is 4.02. The van der Waals surface area contributed by atoms with Crippen LogP contribution < -0.4 is 16.0 Å². The van der Waals surface area contributed by atoms with Gasteiger partial charge in [0.2, 0.25) is 11.8 Å². The molecule has 0 aromatic heterocycles. The van der Waals surface area contributed by atoms with Gasteiger partial charge in [0.1, 0.15) is 0 Å². The largest absolute Gasteiger partial charge is 0.353 e. The van der Waals surface area contributed by atoms with E-state index in [1.807, 2.05) is 18.2 Å². The van der Waals surface area contributed by atoms with Gasteiger partial charge in [0, 0.05) is 32.1 Å². The summed E-state index contributed by atoms with van der Waals surface area (Å²) in [4.78, 5) is 23.5. The monoisotopic (exact) mass is 273 g/mol. The molecular formula is C15H19N3O2. The van der Waals surface area contributed by atoms with Gasteiger partial charge in [-0.1, -0.05) is 24.3 Å². The molecule has 0 radical (unpaired) electrons. The first-order chi connectivity index (χ1) is 9.74. The lowest BCUT2D eigenvalue weighted by Gasteiger charge is -2.26. The highest BCUT2D eigenvalue weighted by Crippen LogP contribution is 2.23. The summed E-state index contributed by atoms with van der Waals surface area (Å²) in [6.45, 7) is 2.00. The molecule has 1 fully saturated rings. The van der Waals surface area contributed by atoms with Gasteiger partial charge in [-0.25, -0.2) is 0 Å². The maximum atomic E-state index is 12.3. The summed E-state index contributed by atoms with van der Waals surface area (Å²) in [5.74, 6) is -0.0308. The number of hydrogen-bond acceptors (Lipinski definition) is 3. The molecule has 0 bridgehead atoms. The lowest BCUT2D eigenvalue weighted by Crippen LogP contribution is -2.43. The van der Waals surface area contributed by atoms with E-state index in [9.17, 15) is 9.59 Å². The Bertz CT molecular complexity index is 530. The van der Waals surface area contributed by atoms with Crippen molar-refractivity contribution in [3.05, 3.63) is 35.4 Å². The molecule has 2 aliphatic rings. The lowest BCUT2D eigenvalue weighted by atomic mass is 9.90. The van der Waals surface area contributed by atoms with Gasteiger partial charge >= 0.3 is 0 Å². The summed E-state index contributed by atoms with van der Waals surface area (Å²) < 4.78 is 0. The SMILES string of the molecule is O=C1CCC(CNC(=O)C2CNCc3ccccc32)N1. The Hall–Kier alpha value is -1.88. The predicted octanol–water partition coefficient (Wildman–Crippen LogP) is 0.268. The van der Waals surface area contributed by atoms with Crippen LogP contribution in [0.15, 0.2) is 24.3 Å². The topological polar surface area (TPSA) is 70.2 Å². The zero-order chi connectivity index (χ0) is 13.9. The summed E-state index contributed by atoms with van der Waals surface area (Å²) >= 11 is 0. The molecule has 0 aliphatic carbocycles. The molecule has 3 N–H and O–H groups in total. The zero-order valence-electron chi connectivity index (χ0n) is 11.3. The molecule has 5 nitrogen and oxygen atoms in total. The van der Waals surface area contributed by atoms with E-state index in [1.165, 1.54) is 5.56 Å². The minimum Gasteiger partial charge on any atom is -0.353 e. The smallest absolute Gasteiger partial charge is 0.228 e. The number of nitrogens with one attached hydrogen (secondary N) is 3. The molecule has 1 aromatic carbocycles. The van der Waals surface area contributed by atoms with E-state index in [-0.39, 0.29) is 23.8 Å². The van der Waals surface area contributed by atoms with Crippen LogP contribution >= 0.6 is 0 Å². The fourth-order valence-corrected chi connectivity index (χ4v) is 2.91. The molecule has 0 spiro atoms. The van der Waals surface area contributed by atoms with Gasteiger partial charge in [0.05, 0.1) is 5.92 Å². The predicted molar refractivity (Wildman–Crippen MR) is 75.1 cm³/mol. The Morgan fingerprint density at radius 3 is 3.00 bits per heavy atom.